The summed E-state index contributed by atoms with van der Waals surface area (Å²) in [6.45, 7) is 22.2. The Morgan fingerprint density at radius 3 is 2.25 bits per heavy atom. The molecule has 1 rings (SSSR count). The van der Waals surface area contributed by atoms with Crippen LogP contribution in [0.25, 0.3) is 6.08 Å². The Balaban J connectivity index is 3.62. The molecule has 0 saturated heterocycles. The monoisotopic (exact) mass is 557 g/mol. The van der Waals surface area contributed by atoms with E-state index in [9.17, 15) is 14.4 Å². The zero-order valence-corrected chi connectivity index (χ0v) is 26.5. The third kappa shape index (κ3) is 12.6. The fourth-order valence-corrected chi connectivity index (χ4v) is 4.61. The highest BCUT2D eigenvalue weighted by atomic mass is 16.6. The van der Waals surface area contributed by atoms with Crippen LogP contribution in [0.15, 0.2) is 30.8 Å². The van der Waals surface area contributed by atoms with Crippen LogP contribution in [0.1, 0.15) is 118 Å². The maximum Gasteiger partial charge on any atom is 0.408 e. The van der Waals surface area contributed by atoms with E-state index in [1.807, 2.05) is 45.0 Å². The van der Waals surface area contributed by atoms with Gasteiger partial charge in [-0.2, -0.15) is 0 Å². The summed E-state index contributed by atoms with van der Waals surface area (Å²) < 4.78 is 5.51. The van der Waals surface area contributed by atoms with Crippen molar-refractivity contribution in [3.8, 4) is 0 Å². The summed E-state index contributed by atoms with van der Waals surface area (Å²) in [5.74, 6) is 0.0643. The van der Waals surface area contributed by atoms with Gasteiger partial charge in [-0.05, 0) is 82.4 Å². The van der Waals surface area contributed by atoms with Gasteiger partial charge in [-0.3, -0.25) is 9.59 Å². The molecule has 0 radical (unpaired) electrons. The van der Waals surface area contributed by atoms with Gasteiger partial charge in [0.05, 0.1) is 0 Å². The van der Waals surface area contributed by atoms with Crippen molar-refractivity contribution in [2.45, 2.75) is 125 Å². The van der Waals surface area contributed by atoms with E-state index in [2.05, 4.69) is 38.0 Å². The minimum atomic E-state index is -0.855. The van der Waals surface area contributed by atoms with Crippen LogP contribution >= 0.6 is 0 Å². The number of benzene rings is 1. The van der Waals surface area contributed by atoms with Gasteiger partial charge in [-0.1, -0.05) is 78.3 Å². The highest BCUT2D eigenvalue weighted by Gasteiger charge is 2.39. The SMILES string of the molecule is C=Cc1cccc(C(C(=O)NCCCCC)N(C(=O)C(CC(C)C)NC(=O)OC(C)(C)C)C(C)CCC(C)C)c1. The number of hydrogen-bond acceptors (Lipinski definition) is 4. The normalized spacial score (nSPS) is 13.9. The maximum atomic E-state index is 14.5. The number of amides is 3. The van der Waals surface area contributed by atoms with Gasteiger partial charge in [0.1, 0.15) is 17.7 Å². The minimum Gasteiger partial charge on any atom is -0.444 e. The van der Waals surface area contributed by atoms with Crippen LogP contribution in [0.3, 0.4) is 0 Å². The van der Waals surface area contributed by atoms with E-state index in [-0.39, 0.29) is 23.8 Å². The van der Waals surface area contributed by atoms with Gasteiger partial charge in [0.15, 0.2) is 0 Å². The Labute approximate surface area is 243 Å². The predicted octanol–water partition coefficient (Wildman–Crippen LogP) is 7.27. The van der Waals surface area contributed by atoms with E-state index in [1.165, 1.54) is 0 Å². The molecule has 2 N–H and O–H groups in total. The first-order chi connectivity index (χ1) is 18.7. The molecule has 0 aromatic heterocycles. The lowest BCUT2D eigenvalue weighted by atomic mass is 9.94. The van der Waals surface area contributed by atoms with Crippen LogP contribution in [-0.2, 0) is 14.3 Å². The quantitative estimate of drug-likeness (QED) is 0.209. The highest BCUT2D eigenvalue weighted by Crippen LogP contribution is 2.29. The van der Waals surface area contributed by atoms with Crippen LogP contribution in [0.4, 0.5) is 4.79 Å². The number of alkyl carbamates (subject to hydrolysis) is 1. The number of carbonyl (C=O) groups is 3. The van der Waals surface area contributed by atoms with Gasteiger partial charge in [0.25, 0.3) is 0 Å². The summed E-state index contributed by atoms with van der Waals surface area (Å²) in [6, 6.07) is 5.67. The van der Waals surface area contributed by atoms with E-state index in [0.29, 0.717) is 18.9 Å². The third-order valence-electron chi connectivity index (χ3n) is 6.66. The van der Waals surface area contributed by atoms with Crippen LogP contribution in [-0.4, -0.2) is 47.0 Å². The standard InChI is InChI=1S/C33H55N3O4/c1-11-13-14-20-34-30(37)29(27-17-15-16-26(12-2)22-27)36(25(7)19-18-23(3)4)31(38)28(21-24(5)6)35-32(39)40-33(8,9)10/h12,15-17,22-25,28-29H,2,11,13-14,18-21H2,1,3-10H3,(H,34,37)(H,35,39). The molecule has 0 spiro atoms. The molecule has 0 fully saturated rings. The summed E-state index contributed by atoms with van der Waals surface area (Å²) in [7, 11) is 0. The number of nitrogens with zero attached hydrogens (tertiary/aromatic N) is 1. The van der Waals surface area contributed by atoms with Crippen LogP contribution in [0.5, 0.6) is 0 Å². The fraction of sp³-hybridized carbons (Fsp3) is 0.667. The Morgan fingerprint density at radius 1 is 1.02 bits per heavy atom. The van der Waals surface area contributed by atoms with E-state index in [0.717, 1.165) is 43.2 Å². The highest BCUT2D eigenvalue weighted by molar-refractivity contribution is 5.92. The van der Waals surface area contributed by atoms with Crippen molar-refractivity contribution in [2.75, 3.05) is 6.54 Å². The molecular formula is C33H55N3O4. The summed E-state index contributed by atoms with van der Waals surface area (Å²) >= 11 is 0. The van der Waals surface area contributed by atoms with Gasteiger partial charge in [0.2, 0.25) is 11.8 Å². The third-order valence-corrected chi connectivity index (χ3v) is 6.66. The molecule has 0 aliphatic rings. The van der Waals surface area contributed by atoms with Crippen molar-refractivity contribution in [1.29, 1.82) is 0 Å². The maximum absolute atomic E-state index is 14.5. The first kappa shape index (κ1) is 35.2. The molecular weight excluding hydrogens is 502 g/mol. The molecule has 40 heavy (non-hydrogen) atoms. The molecule has 1 aromatic rings. The van der Waals surface area contributed by atoms with Crippen molar-refractivity contribution in [3.05, 3.63) is 42.0 Å². The second kappa shape index (κ2) is 17.1. The topological polar surface area (TPSA) is 87.7 Å². The van der Waals surface area contributed by atoms with E-state index >= 15 is 0 Å². The summed E-state index contributed by atoms with van der Waals surface area (Å²) in [6.07, 6.45) is 6.07. The predicted molar refractivity (Wildman–Crippen MR) is 165 cm³/mol. The molecule has 0 heterocycles. The largest absolute Gasteiger partial charge is 0.444 e. The lowest BCUT2D eigenvalue weighted by Gasteiger charge is -2.39. The Bertz CT molecular complexity index is 951. The smallest absolute Gasteiger partial charge is 0.408 e. The molecule has 0 aliphatic carbocycles. The van der Waals surface area contributed by atoms with Crippen molar-refractivity contribution in [2.24, 2.45) is 11.8 Å². The van der Waals surface area contributed by atoms with Gasteiger partial charge in [-0.15, -0.1) is 0 Å². The average molecular weight is 558 g/mol. The molecule has 226 valence electrons. The number of carbonyl (C=O) groups excluding carboxylic acids is 3. The second-order valence-electron chi connectivity index (χ2n) is 12.7. The molecule has 0 bridgehead atoms. The van der Waals surface area contributed by atoms with Crippen molar-refractivity contribution in [1.82, 2.24) is 15.5 Å². The minimum absolute atomic E-state index is 0.127. The zero-order chi connectivity index (χ0) is 30.5. The second-order valence-corrected chi connectivity index (χ2v) is 12.7. The summed E-state index contributed by atoms with van der Waals surface area (Å²) in [4.78, 5) is 42.9. The number of hydrogen-bond donors (Lipinski definition) is 2. The van der Waals surface area contributed by atoms with E-state index in [4.69, 9.17) is 4.74 Å². The van der Waals surface area contributed by atoms with E-state index < -0.39 is 23.8 Å². The van der Waals surface area contributed by atoms with Gasteiger partial charge in [0, 0.05) is 12.6 Å². The van der Waals surface area contributed by atoms with Crippen molar-refractivity contribution < 1.29 is 19.1 Å². The van der Waals surface area contributed by atoms with Crippen LogP contribution < -0.4 is 10.6 Å². The number of ether oxygens (including phenoxy) is 1. The first-order valence-electron chi connectivity index (χ1n) is 15.0. The van der Waals surface area contributed by atoms with Crippen molar-refractivity contribution in [3.63, 3.8) is 0 Å². The number of unbranched alkanes of at least 4 members (excludes halogenated alkanes) is 2. The Kier molecular flexibility index (Phi) is 15.0. The Morgan fingerprint density at radius 2 is 1.70 bits per heavy atom. The Hall–Kier alpha value is -2.83. The van der Waals surface area contributed by atoms with Gasteiger partial charge < -0.3 is 20.3 Å². The average Bonchev–Trinajstić information content (AvgIpc) is 2.86. The molecule has 7 nitrogen and oxygen atoms in total. The van der Waals surface area contributed by atoms with Crippen LogP contribution in [0.2, 0.25) is 0 Å². The molecule has 3 amide bonds. The molecule has 0 aliphatic heterocycles. The first-order valence-corrected chi connectivity index (χ1v) is 15.0. The lowest BCUT2D eigenvalue weighted by Crippen LogP contribution is -2.56. The number of rotatable bonds is 16. The number of nitrogens with one attached hydrogen (secondary N) is 2. The van der Waals surface area contributed by atoms with Crippen LogP contribution in [0, 0.1) is 11.8 Å². The van der Waals surface area contributed by atoms with Gasteiger partial charge in [-0.25, -0.2) is 4.79 Å². The van der Waals surface area contributed by atoms with Gasteiger partial charge >= 0.3 is 6.09 Å². The molecule has 3 atom stereocenters. The molecule has 7 heteroatoms. The summed E-state index contributed by atoms with van der Waals surface area (Å²) in [5.41, 5.74) is 0.885. The molecule has 3 unspecified atom stereocenters. The van der Waals surface area contributed by atoms with Crippen molar-refractivity contribution >= 4 is 24.0 Å². The van der Waals surface area contributed by atoms with E-state index in [1.54, 1.807) is 31.7 Å². The molecule has 1 aromatic carbocycles. The lowest BCUT2D eigenvalue weighted by molar-refractivity contribution is -0.145. The fourth-order valence-electron chi connectivity index (χ4n) is 4.61. The molecule has 0 saturated carbocycles. The summed E-state index contributed by atoms with van der Waals surface area (Å²) in [5, 5.41) is 5.92. The zero-order valence-electron chi connectivity index (χ0n) is 26.5.